The summed E-state index contributed by atoms with van der Waals surface area (Å²) in [5, 5.41) is 8.72. The molecule has 0 radical (unpaired) electrons. The van der Waals surface area contributed by atoms with Gasteiger partial charge in [0.05, 0.1) is 0 Å². The van der Waals surface area contributed by atoms with E-state index in [2.05, 4.69) is 27.0 Å². The maximum atomic E-state index is 5.99. The first-order valence-electron chi connectivity index (χ1n) is 5.86. The lowest BCUT2D eigenvalue weighted by atomic mass is 10.0. The van der Waals surface area contributed by atoms with Gasteiger partial charge in [-0.3, -0.25) is 4.40 Å². The van der Waals surface area contributed by atoms with Crippen LogP contribution in [0.4, 0.5) is 5.95 Å². The summed E-state index contributed by atoms with van der Waals surface area (Å²) in [6.45, 7) is 4.33. The summed E-state index contributed by atoms with van der Waals surface area (Å²) in [6, 6.07) is 0. The second-order valence-electron chi connectivity index (χ2n) is 4.61. The molecule has 1 aliphatic heterocycles. The lowest BCUT2D eigenvalue weighted by Gasteiger charge is -2.30. The smallest absolute Gasteiger partial charge is 0.231 e. The highest BCUT2D eigenvalue weighted by molar-refractivity contribution is 6.32. The van der Waals surface area contributed by atoms with Gasteiger partial charge in [-0.1, -0.05) is 18.5 Å². The van der Waals surface area contributed by atoms with Crippen molar-refractivity contribution in [2.45, 2.75) is 19.8 Å². The number of anilines is 1. The van der Waals surface area contributed by atoms with Crippen LogP contribution in [0.2, 0.25) is 5.15 Å². The normalized spacial score (nSPS) is 21.1. The van der Waals surface area contributed by atoms with Crippen LogP contribution in [0.15, 0.2) is 12.4 Å². The van der Waals surface area contributed by atoms with Crippen LogP contribution < -0.4 is 4.90 Å². The fraction of sp³-hybridized carbons (Fsp3) is 0.545. The highest BCUT2D eigenvalue weighted by Crippen LogP contribution is 2.23. The third-order valence-corrected chi connectivity index (χ3v) is 3.47. The summed E-state index contributed by atoms with van der Waals surface area (Å²) < 4.78 is 1.91. The van der Waals surface area contributed by atoms with Crippen molar-refractivity contribution >= 4 is 23.2 Å². The third-order valence-electron chi connectivity index (χ3n) is 3.21. The predicted molar refractivity (Wildman–Crippen MR) is 66.4 cm³/mol. The van der Waals surface area contributed by atoms with Gasteiger partial charge in [-0.05, 0) is 18.8 Å². The number of hydrogen-bond acceptors (Lipinski definition) is 4. The quantitative estimate of drug-likeness (QED) is 0.778. The van der Waals surface area contributed by atoms with Crippen molar-refractivity contribution in [3.05, 3.63) is 17.5 Å². The second-order valence-corrected chi connectivity index (χ2v) is 4.96. The second kappa shape index (κ2) is 4.14. The average Bonchev–Trinajstić information content (AvgIpc) is 2.74. The molecule has 3 rings (SSSR count). The number of piperidine rings is 1. The largest absolute Gasteiger partial charge is 0.340 e. The first-order chi connectivity index (χ1) is 8.25. The Labute approximate surface area is 104 Å². The van der Waals surface area contributed by atoms with E-state index in [0.29, 0.717) is 16.7 Å². The minimum atomic E-state index is 0.399. The minimum absolute atomic E-state index is 0.399. The number of fused-ring (bicyclic) bond motifs is 1. The van der Waals surface area contributed by atoms with Gasteiger partial charge in [-0.2, -0.15) is 0 Å². The van der Waals surface area contributed by atoms with E-state index in [1.807, 2.05) is 10.6 Å². The monoisotopic (exact) mass is 251 g/mol. The summed E-state index contributed by atoms with van der Waals surface area (Å²) >= 11 is 5.99. The minimum Gasteiger partial charge on any atom is -0.340 e. The molecule has 0 saturated carbocycles. The van der Waals surface area contributed by atoms with Crippen molar-refractivity contribution in [1.29, 1.82) is 0 Å². The molecule has 1 atom stereocenters. The van der Waals surface area contributed by atoms with Crippen molar-refractivity contribution < 1.29 is 0 Å². The van der Waals surface area contributed by atoms with Gasteiger partial charge in [0.15, 0.2) is 10.8 Å². The molecule has 1 saturated heterocycles. The molecular weight excluding hydrogens is 238 g/mol. The van der Waals surface area contributed by atoms with E-state index in [-0.39, 0.29) is 0 Å². The van der Waals surface area contributed by atoms with Crippen LogP contribution >= 0.6 is 11.6 Å². The summed E-state index contributed by atoms with van der Waals surface area (Å²) in [7, 11) is 0. The van der Waals surface area contributed by atoms with E-state index in [1.165, 1.54) is 12.8 Å². The van der Waals surface area contributed by atoms with E-state index >= 15 is 0 Å². The highest BCUT2D eigenvalue weighted by atomic mass is 35.5. The van der Waals surface area contributed by atoms with E-state index < -0.39 is 0 Å². The Hall–Kier alpha value is -1.36. The zero-order chi connectivity index (χ0) is 11.8. The Balaban J connectivity index is 2.02. The lowest BCUT2D eigenvalue weighted by molar-refractivity contribution is 0.441. The van der Waals surface area contributed by atoms with Crippen LogP contribution in [-0.4, -0.2) is 32.7 Å². The predicted octanol–water partition coefficient (Wildman–Crippen LogP) is 2.01. The van der Waals surface area contributed by atoms with Gasteiger partial charge in [0.1, 0.15) is 0 Å². The molecule has 1 fully saturated rings. The number of nitrogens with zero attached hydrogens (tertiary/aromatic N) is 5. The van der Waals surface area contributed by atoms with Crippen LogP contribution in [0.25, 0.3) is 5.65 Å². The molecule has 1 unspecified atom stereocenters. The molecule has 2 aromatic rings. The summed E-state index contributed by atoms with van der Waals surface area (Å²) in [4.78, 5) is 6.27. The Bertz CT molecular complexity index is 538. The van der Waals surface area contributed by atoms with Crippen molar-refractivity contribution in [3.8, 4) is 0 Å². The fourth-order valence-electron chi connectivity index (χ4n) is 2.37. The molecule has 90 valence electrons. The molecule has 0 spiro atoms. The molecule has 0 aromatic carbocycles. The van der Waals surface area contributed by atoms with Gasteiger partial charge < -0.3 is 4.90 Å². The van der Waals surface area contributed by atoms with Gasteiger partial charge in [-0.25, -0.2) is 4.98 Å². The van der Waals surface area contributed by atoms with Crippen LogP contribution in [-0.2, 0) is 0 Å². The molecule has 3 heterocycles. The molecule has 5 nitrogen and oxygen atoms in total. The lowest BCUT2D eigenvalue weighted by Crippen LogP contribution is -2.35. The molecular formula is C11H14ClN5. The Morgan fingerprint density at radius 1 is 1.41 bits per heavy atom. The maximum absolute atomic E-state index is 5.99. The van der Waals surface area contributed by atoms with E-state index in [1.54, 1.807) is 6.20 Å². The van der Waals surface area contributed by atoms with E-state index in [9.17, 15) is 0 Å². The number of rotatable bonds is 1. The molecule has 0 N–H and O–H groups in total. The molecule has 0 amide bonds. The third kappa shape index (κ3) is 1.84. The number of aromatic nitrogens is 4. The van der Waals surface area contributed by atoms with Crippen LogP contribution in [0.1, 0.15) is 19.8 Å². The van der Waals surface area contributed by atoms with Crippen LogP contribution in [0.5, 0.6) is 0 Å². The van der Waals surface area contributed by atoms with Crippen molar-refractivity contribution in [1.82, 2.24) is 19.6 Å². The van der Waals surface area contributed by atoms with Crippen molar-refractivity contribution in [3.63, 3.8) is 0 Å². The van der Waals surface area contributed by atoms with Gasteiger partial charge >= 0.3 is 0 Å². The molecule has 0 bridgehead atoms. The van der Waals surface area contributed by atoms with E-state index in [0.717, 1.165) is 19.0 Å². The molecule has 17 heavy (non-hydrogen) atoms. The molecule has 1 aliphatic rings. The average molecular weight is 252 g/mol. The molecule has 6 heteroatoms. The van der Waals surface area contributed by atoms with Gasteiger partial charge in [0, 0.05) is 25.5 Å². The summed E-state index contributed by atoms with van der Waals surface area (Å²) in [5.74, 6) is 1.57. The Morgan fingerprint density at radius 3 is 3.12 bits per heavy atom. The standard InChI is InChI=1S/C11H14ClN5/c1-8-3-2-5-16(7-8)11-15-14-10-9(12)13-4-6-17(10)11/h4,6,8H,2-3,5,7H2,1H3. The SMILES string of the molecule is CC1CCCN(c2nnc3c(Cl)nccn23)C1. The first kappa shape index (κ1) is 10.8. The first-order valence-corrected chi connectivity index (χ1v) is 6.23. The van der Waals surface area contributed by atoms with Gasteiger partial charge in [0.25, 0.3) is 0 Å². The van der Waals surface area contributed by atoms with Gasteiger partial charge in [-0.15, -0.1) is 10.2 Å². The fourth-order valence-corrected chi connectivity index (χ4v) is 2.56. The van der Waals surface area contributed by atoms with E-state index in [4.69, 9.17) is 11.6 Å². The Morgan fingerprint density at radius 2 is 2.29 bits per heavy atom. The number of halogens is 1. The molecule has 0 aliphatic carbocycles. The van der Waals surface area contributed by atoms with Crippen molar-refractivity contribution in [2.24, 2.45) is 5.92 Å². The van der Waals surface area contributed by atoms with Crippen LogP contribution in [0, 0.1) is 5.92 Å². The highest BCUT2D eigenvalue weighted by Gasteiger charge is 2.21. The maximum Gasteiger partial charge on any atom is 0.231 e. The molecule has 2 aromatic heterocycles. The zero-order valence-corrected chi connectivity index (χ0v) is 10.4. The summed E-state index contributed by atoms with van der Waals surface area (Å²) in [6.07, 6.45) is 6.02. The Kier molecular flexibility index (Phi) is 2.63. The topological polar surface area (TPSA) is 46.3 Å². The number of hydrogen-bond donors (Lipinski definition) is 0. The van der Waals surface area contributed by atoms with Crippen molar-refractivity contribution in [2.75, 3.05) is 18.0 Å². The summed E-state index contributed by atoms with van der Waals surface area (Å²) in [5.41, 5.74) is 0.627. The van der Waals surface area contributed by atoms with Crippen LogP contribution in [0.3, 0.4) is 0 Å². The van der Waals surface area contributed by atoms with Gasteiger partial charge in [0.2, 0.25) is 5.95 Å². The zero-order valence-electron chi connectivity index (χ0n) is 9.67.